The maximum atomic E-state index is 12.4. The molecule has 1 heterocycles. The monoisotopic (exact) mass is 420 g/mol. The van der Waals surface area contributed by atoms with Crippen molar-refractivity contribution in [3.63, 3.8) is 0 Å². The number of anilines is 1. The Morgan fingerprint density at radius 2 is 1.77 bits per heavy atom. The Labute approximate surface area is 179 Å². The first-order chi connectivity index (χ1) is 14.4. The van der Waals surface area contributed by atoms with Crippen LogP contribution in [0.5, 0.6) is 5.75 Å². The van der Waals surface area contributed by atoms with Crippen molar-refractivity contribution in [3.8, 4) is 17.2 Å². The molecule has 6 heteroatoms. The molecule has 0 fully saturated rings. The number of oxazole rings is 1. The molecule has 5 nitrogen and oxygen atoms in total. The molecule has 0 unspecified atom stereocenters. The molecule has 152 valence electrons. The normalized spacial score (nSPS) is 10.9. The molecular formula is C24H21ClN2O3. The summed E-state index contributed by atoms with van der Waals surface area (Å²) in [6.07, 6.45) is 0. The third-order valence-electron chi connectivity index (χ3n) is 4.60. The molecule has 4 aromatic rings. The number of rotatable bonds is 5. The third kappa shape index (κ3) is 4.47. The first-order valence-corrected chi connectivity index (χ1v) is 9.93. The zero-order valence-corrected chi connectivity index (χ0v) is 17.7. The van der Waals surface area contributed by atoms with Gasteiger partial charge in [-0.05, 0) is 79.9 Å². The topological polar surface area (TPSA) is 64.4 Å². The van der Waals surface area contributed by atoms with Crippen molar-refractivity contribution >= 4 is 34.3 Å². The van der Waals surface area contributed by atoms with Crippen LogP contribution in [0, 0.1) is 20.8 Å². The molecule has 0 bridgehead atoms. The van der Waals surface area contributed by atoms with E-state index in [2.05, 4.69) is 10.3 Å². The van der Waals surface area contributed by atoms with E-state index in [1.165, 1.54) is 0 Å². The van der Waals surface area contributed by atoms with Crippen LogP contribution in [0.1, 0.15) is 16.7 Å². The van der Waals surface area contributed by atoms with Crippen LogP contribution in [-0.2, 0) is 4.79 Å². The molecule has 1 aromatic heterocycles. The van der Waals surface area contributed by atoms with Crippen molar-refractivity contribution in [2.24, 2.45) is 0 Å². The van der Waals surface area contributed by atoms with Gasteiger partial charge in [0, 0.05) is 5.56 Å². The number of fused-ring (bicyclic) bond motifs is 1. The number of hydrogen-bond acceptors (Lipinski definition) is 4. The van der Waals surface area contributed by atoms with Gasteiger partial charge in [-0.1, -0.05) is 23.7 Å². The number of benzene rings is 3. The van der Waals surface area contributed by atoms with Crippen LogP contribution in [-0.4, -0.2) is 17.5 Å². The van der Waals surface area contributed by atoms with Gasteiger partial charge in [0.05, 0.1) is 10.7 Å². The number of aromatic nitrogens is 1. The lowest BCUT2D eigenvalue weighted by molar-refractivity contribution is -0.118. The molecule has 0 spiro atoms. The van der Waals surface area contributed by atoms with Gasteiger partial charge < -0.3 is 14.5 Å². The molecule has 30 heavy (non-hydrogen) atoms. The van der Waals surface area contributed by atoms with Crippen LogP contribution in [0.4, 0.5) is 5.69 Å². The van der Waals surface area contributed by atoms with E-state index in [1.54, 1.807) is 12.1 Å². The number of carbonyl (C=O) groups excluding carboxylic acids is 1. The molecule has 4 rings (SSSR count). The number of carbonyl (C=O) groups is 1. The summed E-state index contributed by atoms with van der Waals surface area (Å²) in [5, 5.41) is 3.22. The Morgan fingerprint density at radius 1 is 1.00 bits per heavy atom. The second-order valence-corrected chi connectivity index (χ2v) is 7.75. The zero-order chi connectivity index (χ0) is 21.3. The fraction of sp³-hybridized carbons (Fsp3) is 0.167. The minimum Gasteiger partial charge on any atom is -0.484 e. The van der Waals surface area contributed by atoms with Crippen molar-refractivity contribution in [1.29, 1.82) is 0 Å². The van der Waals surface area contributed by atoms with Crippen LogP contribution in [0.25, 0.3) is 22.6 Å². The van der Waals surface area contributed by atoms with Gasteiger partial charge in [-0.3, -0.25) is 4.79 Å². The van der Waals surface area contributed by atoms with Crippen molar-refractivity contribution in [2.45, 2.75) is 20.8 Å². The van der Waals surface area contributed by atoms with E-state index in [-0.39, 0.29) is 12.5 Å². The largest absolute Gasteiger partial charge is 0.484 e. The van der Waals surface area contributed by atoms with Crippen LogP contribution >= 0.6 is 11.6 Å². The van der Waals surface area contributed by atoms with E-state index < -0.39 is 0 Å². The minimum absolute atomic E-state index is 0.119. The summed E-state index contributed by atoms with van der Waals surface area (Å²) in [6.45, 7) is 5.85. The van der Waals surface area contributed by atoms with Gasteiger partial charge in [-0.15, -0.1) is 0 Å². The summed E-state index contributed by atoms with van der Waals surface area (Å²) in [5.41, 5.74) is 5.95. The molecule has 0 radical (unpaired) electrons. The Morgan fingerprint density at radius 3 is 2.53 bits per heavy atom. The number of ether oxygens (including phenoxy) is 1. The van der Waals surface area contributed by atoms with Gasteiger partial charge in [0.25, 0.3) is 5.91 Å². The molecule has 0 aliphatic heterocycles. The molecule has 3 aromatic carbocycles. The number of hydrogen-bond donors (Lipinski definition) is 1. The van der Waals surface area contributed by atoms with E-state index >= 15 is 0 Å². The lowest BCUT2D eigenvalue weighted by atomic mass is 10.1. The summed E-state index contributed by atoms with van der Waals surface area (Å²) < 4.78 is 11.5. The molecule has 0 saturated heterocycles. The average molecular weight is 421 g/mol. The second kappa shape index (κ2) is 8.20. The smallest absolute Gasteiger partial charge is 0.262 e. The van der Waals surface area contributed by atoms with Crippen molar-refractivity contribution in [2.75, 3.05) is 11.9 Å². The van der Waals surface area contributed by atoms with Gasteiger partial charge in [-0.25, -0.2) is 4.98 Å². The van der Waals surface area contributed by atoms with E-state index in [1.807, 2.05) is 63.2 Å². The molecule has 0 aliphatic carbocycles. The lowest BCUT2D eigenvalue weighted by Gasteiger charge is -2.10. The molecule has 0 saturated carbocycles. The van der Waals surface area contributed by atoms with E-state index in [0.717, 1.165) is 27.8 Å². The number of nitrogens with zero attached hydrogens (tertiary/aromatic N) is 1. The highest BCUT2D eigenvalue weighted by atomic mass is 35.5. The predicted octanol–water partition coefficient (Wildman–Crippen LogP) is 6.09. The maximum absolute atomic E-state index is 12.4. The number of aryl methyl sites for hydroxylation is 3. The molecule has 1 N–H and O–H groups in total. The van der Waals surface area contributed by atoms with E-state index in [9.17, 15) is 4.79 Å². The highest BCUT2D eigenvalue weighted by Gasteiger charge is 2.13. The Bertz CT molecular complexity index is 1230. The average Bonchev–Trinajstić information content (AvgIpc) is 3.10. The van der Waals surface area contributed by atoms with Crippen LogP contribution < -0.4 is 10.1 Å². The van der Waals surface area contributed by atoms with Gasteiger partial charge in [-0.2, -0.15) is 0 Å². The first kappa shape index (κ1) is 20.0. The van der Waals surface area contributed by atoms with Crippen LogP contribution in [0.2, 0.25) is 5.02 Å². The van der Waals surface area contributed by atoms with Crippen LogP contribution in [0.15, 0.2) is 59.0 Å². The van der Waals surface area contributed by atoms with Gasteiger partial charge >= 0.3 is 0 Å². The van der Waals surface area contributed by atoms with Gasteiger partial charge in [0.2, 0.25) is 5.89 Å². The summed E-state index contributed by atoms with van der Waals surface area (Å²) in [4.78, 5) is 16.9. The highest BCUT2D eigenvalue weighted by Crippen LogP contribution is 2.30. The SMILES string of the molecule is Cc1cc(C)cc(OCC(=O)Nc2cc(-c3nc4cc(C)ccc4o3)ccc2Cl)c1. The fourth-order valence-corrected chi connectivity index (χ4v) is 3.43. The second-order valence-electron chi connectivity index (χ2n) is 7.35. The quantitative estimate of drug-likeness (QED) is 0.424. The lowest BCUT2D eigenvalue weighted by Crippen LogP contribution is -2.20. The number of amides is 1. The summed E-state index contributed by atoms with van der Waals surface area (Å²) in [5.74, 6) is 0.819. The standard InChI is InChI=1S/C24H21ClN2O3/c1-14-4-7-22-21(11-14)27-24(30-22)17-5-6-19(25)20(12-17)26-23(28)13-29-18-9-15(2)8-16(3)10-18/h4-12H,13H2,1-3H3,(H,26,28). The van der Waals surface area contributed by atoms with Crippen LogP contribution in [0.3, 0.4) is 0 Å². The highest BCUT2D eigenvalue weighted by molar-refractivity contribution is 6.33. The predicted molar refractivity (Wildman–Crippen MR) is 119 cm³/mol. The van der Waals surface area contributed by atoms with Crippen molar-refractivity contribution in [1.82, 2.24) is 4.98 Å². The maximum Gasteiger partial charge on any atom is 0.262 e. The Kier molecular flexibility index (Phi) is 5.46. The molecule has 1 amide bonds. The molecule has 0 aliphatic rings. The summed E-state index contributed by atoms with van der Waals surface area (Å²) in [6, 6.07) is 16.9. The Hall–Kier alpha value is -3.31. The third-order valence-corrected chi connectivity index (χ3v) is 4.93. The Balaban J connectivity index is 1.50. The molecule has 0 atom stereocenters. The molecular weight excluding hydrogens is 400 g/mol. The minimum atomic E-state index is -0.304. The van der Waals surface area contributed by atoms with E-state index in [4.69, 9.17) is 20.8 Å². The zero-order valence-electron chi connectivity index (χ0n) is 17.0. The van der Waals surface area contributed by atoms with Gasteiger partial charge in [0.15, 0.2) is 12.2 Å². The van der Waals surface area contributed by atoms with Crippen molar-refractivity contribution in [3.05, 3.63) is 76.3 Å². The summed E-state index contributed by atoms with van der Waals surface area (Å²) in [7, 11) is 0. The fourth-order valence-electron chi connectivity index (χ4n) is 3.27. The van der Waals surface area contributed by atoms with Gasteiger partial charge in [0.1, 0.15) is 11.3 Å². The van der Waals surface area contributed by atoms with E-state index in [0.29, 0.717) is 27.9 Å². The van der Waals surface area contributed by atoms with Crippen molar-refractivity contribution < 1.29 is 13.9 Å². The first-order valence-electron chi connectivity index (χ1n) is 9.55. The summed E-state index contributed by atoms with van der Waals surface area (Å²) >= 11 is 6.28. The number of nitrogens with one attached hydrogen (secondary N) is 1. The number of halogens is 1.